The van der Waals surface area contributed by atoms with Gasteiger partial charge in [0.05, 0.1) is 6.20 Å². The van der Waals surface area contributed by atoms with Crippen molar-refractivity contribution in [2.45, 2.75) is 33.1 Å². The molecule has 0 unspecified atom stereocenters. The second-order valence-electron chi connectivity index (χ2n) is 8.28. The van der Waals surface area contributed by atoms with E-state index in [1.165, 1.54) is 38.0 Å². The summed E-state index contributed by atoms with van der Waals surface area (Å²) in [4.78, 5) is 24.2. The van der Waals surface area contributed by atoms with Gasteiger partial charge in [0, 0.05) is 37.4 Å². The van der Waals surface area contributed by atoms with Crippen molar-refractivity contribution in [3.63, 3.8) is 0 Å². The minimum absolute atomic E-state index is 0.711. The summed E-state index contributed by atoms with van der Waals surface area (Å²) in [5, 5.41) is 0. The average molecular weight is 422 g/mol. The maximum absolute atomic E-state index is 4.75. The number of likely N-dealkylation sites (N-methyl/N-ethyl adjacent to an activating group) is 1. The molecule has 0 aliphatic carbocycles. The number of imidazole rings is 1. The number of benzene rings is 1. The van der Waals surface area contributed by atoms with Crippen LogP contribution in [0.4, 0.5) is 5.69 Å². The van der Waals surface area contributed by atoms with Gasteiger partial charge in [-0.2, -0.15) is 0 Å². The molecule has 2 aromatic heterocycles. The van der Waals surface area contributed by atoms with Crippen LogP contribution in [-0.4, -0.2) is 82.1 Å². The molecule has 1 aliphatic heterocycles. The van der Waals surface area contributed by atoms with Crippen LogP contribution in [0.2, 0.25) is 0 Å². The largest absolute Gasteiger partial charge is 0.368 e. The Morgan fingerprint density at radius 2 is 1.81 bits per heavy atom. The highest BCUT2D eigenvalue weighted by Crippen LogP contribution is 2.30. The number of nitrogens with one attached hydrogen (secondary N) is 1. The lowest BCUT2D eigenvalue weighted by Crippen LogP contribution is -2.41. The summed E-state index contributed by atoms with van der Waals surface area (Å²) in [6, 6.07) is 8.61. The van der Waals surface area contributed by atoms with Gasteiger partial charge in [-0.1, -0.05) is 32.4 Å². The molecule has 7 nitrogen and oxygen atoms in total. The van der Waals surface area contributed by atoms with Crippen molar-refractivity contribution in [1.82, 2.24) is 29.7 Å². The van der Waals surface area contributed by atoms with Crippen molar-refractivity contribution >= 4 is 16.9 Å². The predicted octanol–water partition coefficient (Wildman–Crippen LogP) is 3.65. The number of hydrogen-bond donors (Lipinski definition) is 1. The number of aromatic amines is 1. The Labute approximate surface area is 185 Å². The molecule has 0 atom stereocenters. The number of anilines is 1. The lowest BCUT2D eigenvalue weighted by atomic mass is 10.1. The van der Waals surface area contributed by atoms with Gasteiger partial charge in [0.1, 0.15) is 17.7 Å². The highest BCUT2D eigenvalue weighted by atomic mass is 15.2. The normalized spacial score (nSPS) is 15.1. The fourth-order valence-corrected chi connectivity index (χ4v) is 4.44. The summed E-state index contributed by atoms with van der Waals surface area (Å²) in [5.41, 5.74) is 3.94. The molecule has 166 valence electrons. The summed E-state index contributed by atoms with van der Waals surface area (Å²) >= 11 is 0. The van der Waals surface area contributed by atoms with Crippen molar-refractivity contribution in [3.8, 4) is 11.4 Å². The fourth-order valence-electron chi connectivity index (χ4n) is 4.44. The van der Waals surface area contributed by atoms with E-state index in [0.717, 1.165) is 56.2 Å². The molecule has 7 heteroatoms. The van der Waals surface area contributed by atoms with Crippen LogP contribution in [0.15, 0.2) is 36.8 Å². The molecule has 1 saturated heterocycles. The van der Waals surface area contributed by atoms with Gasteiger partial charge in [-0.15, -0.1) is 0 Å². The van der Waals surface area contributed by atoms with Gasteiger partial charge in [0.15, 0.2) is 5.65 Å². The number of piperidine rings is 1. The monoisotopic (exact) mass is 421 g/mol. The first-order valence-corrected chi connectivity index (χ1v) is 11.7. The number of likely N-dealkylation sites (tertiary alicyclic amines) is 1. The van der Waals surface area contributed by atoms with Crippen molar-refractivity contribution < 1.29 is 0 Å². The van der Waals surface area contributed by atoms with Crippen LogP contribution in [0, 0.1) is 0 Å². The highest BCUT2D eigenvalue weighted by Gasteiger charge is 2.18. The molecular weight excluding hydrogens is 386 g/mol. The molecule has 31 heavy (non-hydrogen) atoms. The van der Waals surface area contributed by atoms with E-state index in [-0.39, 0.29) is 0 Å². The van der Waals surface area contributed by atoms with E-state index in [1.54, 1.807) is 12.5 Å². The number of para-hydroxylation sites is 1. The second kappa shape index (κ2) is 10.7. The number of H-pyrrole nitrogens is 1. The summed E-state index contributed by atoms with van der Waals surface area (Å²) in [6.45, 7) is 13.3. The third kappa shape index (κ3) is 5.40. The topological polar surface area (TPSA) is 64.2 Å². The summed E-state index contributed by atoms with van der Waals surface area (Å²) in [5.74, 6) is 0.858. The van der Waals surface area contributed by atoms with Crippen molar-refractivity contribution in [2.75, 3.05) is 57.3 Å². The third-order valence-electron chi connectivity index (χ3n) is 6.38. The highest BCUT2D eigenvalue weighted by molar-refractivity contribution is 5.80. The molecule has 0 radical (unpaired) electrons. The quantitative estimate of drug-likeness (QED) is 0.539. The van der Waals surface area contributed by atoms with Crippen LogP contribution in [0.5, 0.6) is 0 Å². The van der Waals surface area contributed by atoms with Gasteiger partial charge >= 0.3 is 0 Å². The number of aromatic nitrogens is 4. The van der Waals surface area contributed by atoms with Gasteiger partial charge < -0.3 is 19.7 Å². The maximum atomic E-state index is 4.75. The Kier molecular flexibility index (Phi) is 7.48. The molecule has 1 N–H and O–H groups in total. The molecule has 1 fully saturated rings. The van der Waals surface area contributed by atoms with Crippen LogP contribution in [0.25, 0.3) is 22.6 Å². The van der Waals surface area contributed by atoms with E-state index in [0.29, 0.717) is 5.65 Å². The zero-order chi connectivity index (χ0) is 21.5. The SMILES string of the molecule is CCN(CC)CCN(CCN1CCCCC1)c1ccccc1-c1nc2ncncc2[nH]1. The van der Waals surface area contributed by atoms with Crippen LogP contribution in [0.3, 0.4) is 0 Å². The van der Waals surface area contributed by atoms with E-state index in [9.17, 15) is 0 Å². The maximum Gasteiger partial charge on any atom is 0.181 e. The Hall–Kier alpha value is -2.51. The van der Waals surface area contributed by atoms with Gasteiger partial charge in [-0.25, -0.2) is 15.0 Å². The standard InChI is InChI=1S/C24H35N7/c1-3-29(4-2)14-16-31(17-15-30-12-8-5-9-13-30)22-11-7-6-10-20(22)23-27-21-18-25-19-26-24(21)28-23/h6-7,10-11,18-19H,3-5,8-9,12-17H2,1-2H3,(H,25,26,27,28). The molecular formula is C24H35N7. The van der Waals surface area contributed by atoms with Crippen molar-refractivity contribution in [2.24, 2.45) is 0 Å². The lowest BCUT2D eigenvalue weighted by molar-refractivity contribution is 0.231. The first-order valence-electron chi connectivity index (χ1n) is 11.7. The molecule has 0 saturated carbocycles. The first kappa shape index (κ1) is 21.7. The number of fused-ring (bicyclic) bond motifs is 1. The van der Waals surface area contributed by atoms with Gasteiger partial charge in [-0.05, 0) is 51.2 Å². The second-order valence-corrected chi connectivity index (χ2v) is 8.28. The number of nitrogens with zero attached hydrogens (tertiary/aromatic N) is 6. The first-order chi connectivity index (χ1) is 15.3. The van der Waals surface area contributed by atoms with Crippen molar-refractivity contribution in [1.29, 1.82) is 0 Å². The van der Waals surface area contributed by atoms with E-state index >= 15 is 0 Å². The van der Waals surface area contributed by atoms with Crippen LogP contribution < -0.4 is 4.90 Å². The minimum atomic E-state index is 0.711. The van der Waals surface area contributed by atoms with Crippen LogP contribution in [0.1, 0.15) is 33.1 Å². The number of hydrogen-bond acceptors (Lipinski definition) is 6. The summed E-state index contributed by atoms with van der Waals surface area (Å²) < 4.78 is 0. The van der Waals surface area contributed by atoms with E-state index in [1.807, 2.05) is 0 Å². The molecule has 1 aliphatic rings. The van der Waals surface area contributed by atoms with Gasteiger partial charge in [0.25, 0.3) is 0 Å². The van der Waals surface area contributed by atoms with E-state index in [2.05, 4.69) is 67.8 Å². The minimum Gasteiger partial charge on any atom is -0.368 e. The molecule has 1 aromatic carbocycles. The molecule has 3 aromatic rings. The molecule has 0 bridgehead atoms. The molecule has 3 heterocycles. The van der Waals surface area contributed by atoms with Gasteiger partial charge in [0.2, 0.25) is 0 Å². The van der Waals surface area contributed by atoms with Crippen molar-refractivity contribution in [3.05, 3.63) is 36.8 Å². The summed E-state index contributed by atoms with van der Waals surface area (Å²) in [7, 11) is 0. The fraction of sp³-hybridized carbons (Fsp3) is 0.542. The third-order valence-corrected chi connectivity index (χ3v) is 6.38. The average Bonchev–Trinajstić information content (AvgIpc) is 3.26. The van der Waals surface area contributed by atoms with Gasteiger partial charge in [-0.3, -0.25) is 0 Å². The number of rotatable bonds is 10. The Balaban J connectivity index is 1.59. The van der Waals surface area contributed by atoms with E-state index < -0.39 is 0 Å². The lowest BCUT2D eigenvalue weighted by Gasteiger charge is -2.33. The molecule has 0 spiro atoms. The summed E-state index contributed by atoms with van der Waals surface area (Å²) in [6.07, 6.45) is 7.37. The Morgan fingerprint density at radius 3 is 2.58 bits per heavy atom. The molecule has 4 rings (SSSR count). The smallest absolute Gasteiger partial charge is 0.181 e. The van der Waals surface area contributed by atoms with Crippen LogP contribution >= 0.6 is 0 Å². The zero-order valence-electron chi connectivity index (χ0n) is 18.9. The van der Waals surface area contributed by atoms with Crippen LogP contribution in [-0.2, 0) is 0 Å². The predicted molar refractivity (Wildman–Crippen MR) is 127 cm³/mol. The Morgan fingerprint density at radius 1 is 1.00 bits per heavy atom. The zero-order valence-corrected chi connectivity index (χ0v) is 18.9. The van der Waals surface area contributed by atoms with E-state index in [4.69, 9.17) is 4.98 Å². The Bertz CT molecular complexity index is 911. The molecule has 0 amide bonds.